The van der Waals surface area contributed by atoms with Gasteiger partial charge in [0, 0.05) is 18.1 Å². The maximum Gasteiger partial charge on any atom is 0.162 e. The molecule has 0 saturated carbocycles. The van der Waals surface area contributed by atoms with Gasteiger partial charge < -0.3 is 9.26 Å². The number of ether oxygens (including phenoxy) is 1. The number of carbonyl (C=O) groups is 1. The van der Waals surface area contributed by atoms with E-state index in [-0.39, 0.29) is 5.78 Å². The van der Waals surface area contributed by atoms with Crippen LogP contribution in [-0.4, -0.2) is 10.9 Å². The number of benzene rings is 1. The highest BCUT2D eigenvalue weighted by Gasteiger charge is 2.04. The highest BCUT2D eigenvalue weighted by atomic mass is 16.5. The number of nitrogens with zero attached hydrogens (tertiary/aromatic N) is 1. The summed E-state index contributed by atoms with van der Waals surface area (Å²) in [7, 11) is 0. The highest BCUT2D eigenvalue weighted by molar-refractivity contribution is 5.95. The molecule has 94 valence electrons. The maximum absolute atomic E-state index is 11.4. The average Bonchev–Trinajstić information content (AvgIpc) is 2.82. The van der Waals surface area contributed by atoms with Crippen LogP contribution in [0.25, 0.3) is 0 Å². The van der Waals surface area contributed by atoms with Gasteiger partial charge in [-0.1, -0.05) is 12.1 Å². The summed E-state index contributed by atoms with van der Waals surface area (Å²) in [6.45, 7) is 4.04. The van der Waals surface area contributed by atoms with Gasteiger partial charge in [-0.3, -0.25) is 4.79 Å². The van der Waals surface area contributed by atoms with Crippen molar-refractivity contribution in [2.45, 2.75) is 26.9 Å². The number of ketones is 1. The molecule has 4 nitrogen and oxygen atoms in total. The second kappa shape index (κ2) is 5.49. The summed E-state index contributed by atoms with van der Waals surface area (Å²) in [5.41, 5.74) is 1.46. The Kier molecular flexibility index (Phi) is 3.77. The molecule has 0 fully saturated rings. The lowest BCUT2D eigenvalue weighted by Crippen LogP contribution is -1.98. The normalized spacial score (nSPS) is 10.3. The van der Waals surface area contributed by atoms with Crippen LogP contribution in [0.4, 0.5) is 0 Å². The average molecular weight is 245 g/mol. The van der Waals surface area contributed by atoms with Gasteiger partial charge in [-0.05, 0) is 31.2 Å². The number of rotatable bonds is 5. The van der Waals surface area contributed by atoms with Crippen molar-refractivity contribution in [3.8, 4) is 5.75 Å². The summed E-state index contributed by atoms with van der Waals surface area (Å²) in [6.07, 6.45) is 0.512. The molecule has 0 aliphatic carbocycles. The lowest BCUT2D eigenvalue weighted by molar-refractivity contribution is 0.0988. The zero-order chi connectivity index (χ0) is 13.0. The molecular formula is C14H15NO3. The molecule has 0 unspecified atom stereocenters. The van der Waals surface area contributed by atoms with Crippen molar-refractivity contribution >= 4 is 5.78 Å². The molecule has 0 bridgehead atoms. The Hall–Kier alpha value is -2.10. The maximum atomic E-state index is 11.4. The van der Waals surface area contributed by atoms with Crippen molar-refractivity contribution in [2.24, 2.45) is 0 Å². The monoisotopic (exact) mass is 245 g/mol. The fraction of sp³-hybridized carbons (Fsp3) is 0.286. The first kappa shape index (κ1) is 12.4. The molecule has 4 heteroatoms. The van der Waals surface area contributed by atoms with Crippen LogP contribution >= 0.6 is 0 Å². The molecule has 18 heavy (non-hydrogen) atoms. The molecule has 1 aromatic carbocycles. The van der Waals surface area contributed by atoms with Crippen molar-refractivity contribution < 1.29 is 14.1 Å². The largest absolute Gasteiger partial charge is 0.487 e. The van der Waals surface area contributed by atoms with E-state index in [1.165, 1.54) is 0 Å². The summed E-state index contributed by atoms with van der Waals surface area (Å²) in [5, 5.41) is 3.84. The predicted molar refractivity (Wildman–Crippen MR) is 66.6 cm³/mol. The Morgan fingerprint density at radius 2 is 2.06 bits per heavy atom. The van der Waals surface area contributed by atoms with E-state index in [0.717, 1.165) is 11.5 Å². The third-order valence-electron chi connectivity index (χ3n) is 2.56. The lowest BCUT2D eigenvalue weighted by Gasteiger charge is -2.04. The Morgan fingerprint density at radius 3 is 2.61 bits per heavy atom. The summed E-state index contributed by atoms with van der Waals surface area (Å²) in [6, 6.07) is 8.95. The minimum atomic E-state index is 0.133. The highest BCUT2D eigenvalue weighted by Crippen LogP contribution is 2.15. The molecule has 0 radical (unpaired) electrons. The Bertz CT molecular complexity index is 528. The first-order valence-electron chi connectivity index (χ1n) is 5.87. The van der Waals surface area contributed by atoms with Crippen LogP contribution in [0.3, 0.4) is 0 Å². The van der Waals surface area contributed by atoms with E-state index >= 15 is 0 Å². The molecular weight excluding hydrogens is 230 g/mol. The standard InChI is InChI=1S/C14H15NO3/c1-3-14(16)11-4-6-13(7-5-11)17-9-12-8-10(2)18-15-12/h4-8H,3,9H2,1-2H3. The Balaban J connectivity index is 1.96. The van der Waals surface area contributed by atoms with Crippen molar-refractivity contribution in [1.82, 2.24) is 5.16 Å². The molecule has 2 aromatic rings. The third kappa shape index (κ3) is 2.97. The lowest BCUT2D eigenvalue weighted by atomic mass is 10.1. The molecule has 1 heterocycles. The van der Waals surface area contributed by atoms with Crippen molar-refractivity contribution in [3.05, 3.63) is 47.3 Å². The molecule has 1 aromatic heterocycles. The molecule has 0 atom stereocenters. The van der Waals surface area contributed by atoms with Crippen LogP contribution < -0.4 is 4.74 Å². The van der Waals surface area contributed by atoms with Gasteiger partial charge in [0.1, 0.15) is 23.8 Å². The van der Waals surface area contributed by atoms with Crippen molar-refractivity contribution in [3.63, 3.8) is 0 Å². The topological polar surface area (TPSA) is 52.3 Å². The fourth-order valence-electron chi connectivity index (χ4n) is 1.58. The molecule has 2 rings (SSSR count). The van der Waals surface area contributed by atoms with Crippen molar-refractivity contribution in [1.29, 1.82) is 0 Å². The summed E-state index contributed by atoms with van der Waals surface area (Å²) >= 11 is 0. The van der Waals surface area contributed by atoms with Crippen molar-refractivity contribution in [2.75, 3.05) is 0 Å². The van der Waals surface area contributed by atoms with Crippen LogP contribution in [-0.2, 0) is 6.61 Å². The van der Waals surface area contributed by atoms with Gasteiger partial charge in [-0.2, -0.15) is 0 Å². The molecule has 0 amide bonds. The SMILES string of the molecule is CCC(=O)c1ccc(OCc2cc(C)on2)cc1. The second-order valence-corrected chi connectivity index (χ2v) is 4.02. The van der Waals surface area contributed by atoms with Crippen LogP contribution in [0.15, 0.2) is 34.9 Å². The fourth-order valence-corrected chi connectivity index (χ4v) is 1.58. The van der Waals surface area contributed by atoms with E-state index in [1.54, 1.807) is 24.3 Å². The van der Waals surface area contributed by atoms with Crippen LogP contribution in [0, 0.1) is 6.92 Å². The number of Topliss-reactive ketones (excluding diaryl/α,β-unsaturated/α-hetero) is 1. The zero-order valence-corrected chi connectivity index (χ0v) is 10.5. The quantitative estimate of drug-likeness (QED) is 0.759. The minimum Gasteiger partial charge on any atom is -0.487 e. The second-order valence-electron chi connectivity index (χ2n) is 4.02. The van der Waals surface area contributed by atoms with Crippen LogP contribution in [0.5, 0.6) is 5.75 Å². The van der Waals surface area contributed by atoms with Gasteiger partial charge in [0.05, 0.1) is 0 Å². The molecule has 0 aliphatic rings. The molecule has 0 aliphatic heterocycles. The molecule has 0 spiro atoms. The Labute approximate surface area is 106 Å². The van der Waals surface area contributed by atoms with Gasteiger partial charge in [-0.15, -0.1) is 0 Å². The Morgan fingerprint density at radius 1 is 1.33 bits per heavy atom. The predicted octanol–water partition coefficient (Wildman–Crippen LogP) is 3.15. The van der Waals surface area contributed by atoms with Gasteiger partial charge in [-0.25, -0.2) is 0 Å². The van der Waals surface area contributed by atoms with E-state index in [1.807, 2.05) is 19.9 Å². The number of aryl methyl sites for hydroxylation is 1. The zero-order valence-electron chi connectivity index (χ0n) is 10.5. The molecule has 0 saturated heterocycles. The smallest absolute Gasteiger partial charge is 0.162 e. The van der Waals surface area contributed by atoms with E-state index in [9.17, 15) is 4.79 Å². The number of carbonyl (C=O) groups excluding carboxylic acids is 1. The number of aromatic nitrogens is 1. The minimum absolute atomic E-state index is 0.133. The van der Waals surface area contributed by atoms with Gasteiger partial charge in [0.15, 0.2) is 5.78 Å². The summed E-state index contributed by atoms with van der Waals surface area (Å²) < 4.78 is 10.5. The number of hydrogen-bond acceptors (Lipinski definition) is 4. The first-order valence-corrected chi connectivity index (χ1v) is 5.87. The van der Waals surface area contributed by atoms with Gasteiger partial charge >= 0.3 is 0 Å². The van der Waals surface area contributed by atoms with Crippen LogP contribution in [0.2, 0.25) is 0 Å². The number of hydrogen-bond donors (Lipinski definition) is 0. The van der Waals surface area contributed by atoms with E-state index in [4.69, 9.17) is 9.26 Å². The van der Waals surface area contributed by atoms with E-state index in [0.29, 0.717) is 24.3 Å². The third-order valence-corrected chi connectivity index (χ3v) is 2.56. The van der Waals surface area contributed by atoms with E-state index in [2.05, 4.69) is 5.16 Å². The van der Waals surface area contributed by atoms with Crippen LogP contribution in [0.1, 0.15) is 35.2 Å². The summed E-state index contributed by atoms with van der Waals surface area (Å²) in [4.78, 5) is 11.4. The summed E-state index contributed by atoms with van der Waals surface area (Å²) in [5.74, 6) is 1.61. The first-order chi connectivity index (χ1) is 8.69. The molecule has 0 N–H and O–H groups in total. The van der Waals surface area contributed by atoms with Gasteiger partial charge in [0.25, 0.3) is 0 Å². The van der Waals surface area contributed by atoms with E-state index < -0.39 is 0 Å². The van der Waals surface area contributed by atoms with Gasteiger partial charge in [0.2, 0.25) is 0 Å².